The van der Waals surface area contributed by atoms with Crippen molar-refractivity contribution >= 4 is 56.8 Å². The maximum absolute atomic E-state index is 12.9. The molecule has 4 heterocycles. The summed E-state index contributed by atoms with van der Waals surface area (Å²) in [6.45, 7) is 2.88. The van der Waals surface area contributed by atoms with Gasteiger partial charge in [0.2, 0.25) is 27.7 Å². The lowest BCUT2D eigenvalue weighted by molar-refractivity contribution is -0.145. The van der Waals surface area contributed by atoms with Gasteiger partial charge in [-0.3, -0.25) is 14.4 Å². The average molecular weight is 501 g/mol. The van der Waals surface area contributed by atoms with E-state index in [-0.39, 0.29) is 30.4 Å². The number of piperidine rings is 1. The number of nitrogens with one attached hydrogen (secondary N) is 1. The van der Waals surface area contributed by atoms with Gasteiger partial charge >= 0.3 is 0 Å². The van der Waals surface area contributed by atoms with Gasteiger partial charge in [-0.05, 0) is 37.5 Å². The molecule has 3 unspecified atom stereocenters. The van der Waals surface area contributed by atoms with Crippen LogP contribution < -0.4 is 4.72 Å². The predicted molar refractivity (Wildman–Crippen MR) is 121 cm³/mol. The van der Waals surface area contributed by atoms with Crippen LogP contribution in [0.1, 0.15) is 31.1 Å². The third-order valence-corrected chi connectivity index (χ3v) is 8.44. The highest BCUT2D eigenvalue weighted by Crippen LogP contribution is 2.31. The van der Waals surface area contributed by atoms with E-state index in [2.05, 4.69) is 4.72 Å². The molecule has 1 aromatic heterocycles. The molecule has 4 rings (SSSR count). The van der Waals surface area contributed by atoms with Crippen molar-refractivity contribution in [3.05, 3.63) is 26.8 Å². The van der Waals surface area contributed by atoms with Gasteiger partial charge in [-0.2, -0.15) is 4.72 Å². The molecule has 0 radical (unpaired) electrons. The van der Waals surface area contributed by atoms with Crippen LogP contribution in [0.5, 0.6) is 0 Å². The number of nitrogens with zero attached hydrogens (tertiary/aromatic N) is 3. The van der Waals surface area contributed by atoms with Gasteiger partial charge in [-0.25, -0.2) is 8.42 Å². The molecular weight excluding hydrogens is 476 g/mol. The van der Waals surface area contributed by atoms with E-state index >= 15 is 0 Å². The zero-order chi connectivity index (χ0) is 23.0. The smallest absolute Gasteiger partial charge is 0.242 e. The predicted octanol–water partition coefficient (Wildman–Crippen LogP) is 1.11. The van der Waals surface area contributed by atoms with E-state index < -0.39 is 22.0 Å². The third kappa shape index (κ3) is 5.00. The molecule has 3 saturated heterocycles. The highest BCUT2D eigenvalue weighted by atomic mass is 35.5. The van der Waals surface area contributed by atoms with Crippen molar-refractivity contribution in [1.29, 1.82) is 0 Å². The summed E-state index contributed by atoms with van der Waals surface area (Å²) in [7, 11) is -3.84. The fourth-order valence-electron chi connectivity index (χ4n) is 4.63. The molecular formula is C20H25ClN4O5S2. The van der Waals surface area contributed by atoms with Gasteiger partial charge in [0, 0.05) is 36.8 Å². The lowest BCUT2D eigenvalue weighted by Crippen LogP contribution is -2.56. The van der Waals surface area contributed by atoms with Gasteiger partial charge < -0.3 is 14.7 Å². The number of rotatable bonds is 6. The zero-order valence-corrected chi connectivity index (χ0v) is 20.0. The van der Waals surface area contributed by atoms with Crippen LogP contribution in [0.15, 0.2) is 17.5 Å². The number of sulfonamides is 1. The summed E-state index contributed by atoms with van der Waals surface area (Å²) in [5.41, 5.74) is 0. The molecule has 0 spiro atoms. The van der Waals surface area contributed by atoms with E-state index in [0.29, 0.717) is 41.7 Å². The van der Waals surface area contributed by atoms with Crippen molar-refractivity contribution in [3.63, 3.8) is 0 Å². The number of carbonyl (C=O) groups excluding carboxylic acids is 3. The molecule has 3 fully saturated rings. The van der Waals surface area contributed by atoms with Crippen molar-refractivity contribution in [3.8, 4) is 0 Å². The minimum absolute atomic E-state index is 0.0125. The second-order valence-electron chi connectivity index (χ2n) is 8.32. The van der Waals surface area contributed by atoms with Crippen LogP contribution in [-0.4, -0.2) is 85.1 Å². The summed E-state index contributed by atoms with van der Waals surface area (Å²) in [5, 5.41) is 1.02. The van der Waals surface area contributed by atoms with E-state index in [9.17, 15) is 22.8 Å². The molecule has 32 heavy (non-hydrogen) atoms. The Balaban J connectivity index is 1.34. The van der Waals surface area contributed by atoms with Crippen LogP contribution >= 0.6 is 22.9 Å². The second kappa shape index (κ2) is 9.12. The van der Waals surface area contributed by atoms with Crippen molar-refractivity contribution < 1.29 is 22.8 Å². The van der Waals surface area contributed by atoms with E-state index in [4.69, 9.17) is 11.6 Å². The van der Waals surface area contributed by atoms with E-state index in [0.717, 1.165) is 11.8 Å². The fraction of sp³-hybridized carbons (Fsp3) is 0.550. The number of fused-ring (bicyclic) bond motifs is 2. The maximum atomic E-state index is 12.9. The van der Waals surface area contributed by atoms with Gasteiger partial charge in [0.1, 0.15) is 6.04 Å². The quantitative estimate of drug-likeness (QED) is 0.629. The Morgan fingerprint density at radius 1 is 1.25 bits per heavy atom. The minimum Gasteiger partial charge on any atom is -0.336 e. The summed E-state index contributed by atoms with van der Waals surface area (Å²) < 4.78 is 27.9. The molecule has 0 aromatic carbocycles. The Hall–Kier alpha value is -1.95. The number of thiophene rings is 1. The number of hydrogen-bond donors (Lipinski definition) is 1. The Bertz CT molecular complexity index is 1060. The Morgan fingerprint density at radius 2 is 1.97 bits per heavy atom. The van der Waals surface area contributed by atoms with E-state index in [1.807, 2.05) is 0 Å². The molecule has 9 nitrogen and oxygen atoms in total. The highest BCUT2D eigenvalue weighted by molar-refractivity contribution is 7.92. The Kier molecular flexibility index (Phi) is 6.62. The number of amides is 3. The highest BCUT2D eigenvalue weighted by Gasteiger charge is 2.46. The number of hydrogen-bond acceptors (Lipinski definition) is 6. The Labute approximate surface area is 196 Å². The van der Waals surface area contributed by atoms with Gasteiger partial charge in [0.15, 0.2) is 0 Å². The first-order chi connectivity index (χ1) is 15.1. The molecule has 0 saturated carbocycles. The maximum Gasteiger partial charge on any atom is 0.242 e. The van der Waals surface area contributed by atoms with Crippen LogP contribution in [-0.2, 0) is 24.4 Å². The number of piperazine rings is 1. The molecule has 1 N–H and O–H groups in total. The summed E-state index contributed by atoms with van der Waals surface area (Å²) in [6, 6.07) is 2.51. The lowest BCUT2D eigenvalue weighted by Gasteiger charge is -2.36. The van der Waals surface area contributed by atoms with Crippen molar-refractivity contribution in [2.45, 2.75) is 44.3 Å². The minimum atomic E-state index is -3.84. The summed E-state index contributed by atoms with van der Waals surface area (Å²) in [4.78, 5) is 43.0. The first kappa shape index (κ1) is 23.2. The summed E-state index contributed by atoms with van der Waals surface area (Å²) in [5.74, 6) is -0.537. The largest absolute Gasteiger partial charge is 0.336 e. The first-order valence-corrected chi connectivity index (χ1v) is 13.2. The molecule has 0 aliphatic carbocycles. The summed E-state index contributed by atoms with van der Waals surface area (Å²) >= 11 is 7.10. The molecule has 3 atom stereocenters. The normalized spacial score (nSPS) is 25.9. The lowest BCUT2D eigenvalue weighted by atomic mass is 10.1. The van der Waals surface area contributed by atoms with Crippen LogP contribution in [0, 0.1) is 0 Å². The molecule has 2 bridgehead atoms. The van der Waals surface area contributed by atoms with E-state index in [1.165, 1.54) is 29.2 Å². The molecule has 12 heteroatoms. The SMILES string of the molecule is CC(=O)N1CC2CC1CN2C(=O)CN1CCCC(NS(=O)(=O)/C=C/c2ccc(Cl)s2)C1=O. The van der Waals surface area contributed by atoms with Gasteiger partial charge in [0.25, 0.3) is 0 Å². The number of halogens is 1. The second-order valence-corrected chi connectivity index (χ2v) is 11.7. The van der Waals surface area contributed by atoms with Crippen molar-refractivity contribution in [2.75, 3.05) is 26.2 Å². The monoisotopic (exact) mass is 500 g/mol. The topological polar surface area (TPSA) is 107 Å². The summed E-state index contributed by atoms with van der Waals surface area (Å²) in [6.07, 6.45) is 3.17. The standard InChI is InChI=1S/C20H25ClN4O5S2/c1-13(26)24-10-15-9-14(24)11-25(15)19(27)12-23-7-2-3-17(20(23)28)22-32(29,30)8-6-16-4-5-18(21)31-16/h4-6,8,14-15,17,22H,2-3,7,9-12H2,1H3/b8-6+. The van der Waals surface area contributed by atoms with Crippen LogP contribution in [0.3, 0.4) is 0 Å². The van der Waals surface area contributed by atoms with Crippen LogP contribution in [0.2, 0.25) is 4.34 Å². The third-order valence-electron chi connectivity index (χ3n) is 6.13. The van der Waals surface area contributed by atoms with Gasteiger partial charge in [-0.1, -0.05) is 11.6 Å². The molecule has 3 aliphatic rings. The number of likely N-dealkylation sites (tertiary alicyclic amines) is 3. The van der Waals surface area contributed by atoms with Gasteiger partial charge in [0.05, 0.1) is 23.0 Å². The zero-order valence-electron chi connectivity index (χ0n) is 17.6. The fourth-order valence-corrected chi connectivity index (χ4v) is 6.70. The van der Waals surface area contributed by atoms with Crippen molar-refractivity contribution in [2.24, 2.45) is 0 Å². The number of carbonyl (C=O) groups is 3. The molecule has 3 aliphatic heterocycles. The average Bonchev–Trinajstić information content (AvgIpc) is 3.45. The first-order valence-electron chi connectivity index (χ1n) is 10.4. The van der Waals surface area contributed by atoms with Crippen LogP contribution in [0.25, 0.3) is 6.08 Å². The van der Waals surface area contributed by atoms with E-state index in [1.54, 1.807) is 21.9 Å². The van der Waals surface area contributed by atoms with Crippen molar-refractivity contribution in [1.82, 2.24) is 19.4 Å². The van der Waals surface area contributed by atoms with Gasteiger partial charge in [-0.15, -0.1) is 11.3 Å². The molecule has 174 valence electrons. The van der Waals surface area contributed by atoms with Crippen LogP contribution in [0.4, 0.5) is 0 Å². The Morgan fingerprint density at radius 3 is 2.59 bits per heavy atom. The molecule has 1 aromatic rings. The molecule has 3 amide bonds.